The van der Waals surface area contributed by atoms with Crippen molar-refractivity contribution >= 4 is 27.3 Å². The summed E-state index contributed by atoms with van der Waals surface area (Å²) in [5.41, 5.74) is 5.95. The fraction of sp³-hybridized carbons (Fsp3) is 0.0769. The van der Waals surface area contributed by atoms with Gasteiger partial charge >= 0.3 is 0 Å². The van der Waals surface area contributed by atoms with Gasteiger partial charge in [0.2, 0.25) is 0 Å². The molecular formula is C13H12BrN3. The summed E-state index contributed by atoms with van der Waals surface area (Å²) >= 11 is 3.41. The molecule has 3 nitrogen and oxygen atoms in total. The SMILES string of the molecule is C/C(=N\Nc1ccncc1)c1ccc(Br)cc1. The lowest BCUT2D eigenvalue weighted by atomic mass is 10.1. The fourth-order valence-corrected chi connectivity index (χ4v) is 1.59. The number of rotatable bonds is 3. The summed E-state index contributed by atoms with van der Waals surface area (Å²) in [4.78, 5) is 3.95. The molecule has 0 unspecified atom stereocenters. The number of aromatic nitrogens is 1. The van der Waals surface area contributed by atoms with E-state index in [2.05, 4.69) is 31.4 Å². The average Bonchev–Trinajstić information content (AvgIpc) is 2.38. The number of hydrazone groups is 1. The molecule has 1 heterocycles. The molecule has 0 saturated carbocycles. The summed E-state index contributed by atoms with van der Waals surface area (Å²) in [5, 5.41) is 4.32. The third kappa shape index (κ3) is 3.39. The van der Waals surface area contributed by atoms with Crippen molar-refractivity contribution in [1.29, 1.82) is 0 Å². The minimum atomic E-state index is 0.927. The molecule has 4 heteroatoms. The number of hydrogen-bond donors (Lipinski definition) is 1. The van der Waals surface area contributed by atoms with Gasteiger partial charge in [0, 0.05) is 16.9 Å². The van der Waals surface area contributed by atoms with E-state index in [0.29, 0.717) is 0 Å². The van der Waals surface area contributed by atoms with Gasteiger partial charge in [0.25, 0.3) is 0 Å². The first-order valence-electron chi connectivity index (χ1n) is 5.22. The Morgan fingerprint density at radius 2 is 1.76 bits per heavy atom. The molecule has 0 bridgehead atoms. The molecule has 0 fully saturated rings. The van der Waals surface area contributed by atoms with Gasteiger partial charge < -0.3 is 0 Å². The molecule has 2 aromatic rings. The number of benzene rings is 1. The van der Waals surface area contributed by atoms with E-state index in [1.807, 2.05) is 43.3 Å². The van der Waals surface area contributed by atoms with E-state index >= 15 is 0 Å². The van der Waals surface area contributed by atoms with Crippen molar-refractivity contribution in [2.24, 2.45) is 5.10 Å². The van der Waals surface area contributed by atoms with E-state index in [4.69, 9.17) is 0 Å². The molecule has 17 heavy (non-hydrogen) atoms. The first-order chi connectivity index (χ1) is 8.25. The zero-order valence-corrected chi connectivity index (χ0v) is 11.0. The van der Waals surface area contributed by atoms with Gasteiger partial charge in [-0.25, -0.2) is 0 Å². The lowest BCUT2D eigenvalue weighted by Crippen LogP contribution is -1.99. The van der Waals surface area contributed by atoms with E-state index < -0.39 is 0 Å². The van der Waals surface area contributed by atoms with Crippen LogP contribution in [0.25, 0.3) is 0 Å². The van der Waals surface area contributed by atoms with E-state index in [1.54, 1.807) is 12.4 Å². The minimum absolute atomic E-state index is 0.927. The maximum atomic E-state index is 4.32. The summed E-state index contributed by atoms with van der Waals surface area (Å²) in [6, 6.07) is 11.8. The lowest BCUT2D eigenvalue weighted by Gasteiger charge is -2.03. The van der Waals surface area contributed by atoms with Crippen molar-refractivity contribution in [2.75, 3.05) is 5.43 Å². The molecule has 86 valence electrons. The van der Waals surface area contributed by atoms with Crippen molar-refractivity contribution < 1.29 is 0 Å². The number of nitrogens with zero attached hydrogens (tertiary/aromatic N) is 2. The Balaban J connectivity index is 2.10. The van der Waals surface area contributed by atoms with Crippen LogP contribution < -0.4 is 5.43 Å². The van der Waals surface area contributed by atoms with E-state index in [-0.39, 0.29) is 0 Å². The smallest absolute Gasteiger partial charge is 0.0648 e. The Hall–Kier alpha value is -1.68. The van der Waals surface area contributed by atoms with Gasteiger partial charge in [0.15, 0.2) is 0 Å². The predicted molar refractivity (Wildman–Crippen MR) is 74.2 cm³/mol. The molecule has 0 aliphatic carbocycles. The highest BCUT2D eigenvalue weighted by Crippen LogP contribution is 2.11. The summed E-state index contributed by atoms with van der Waals surface area (Å²) in [6.07, 6.45) is 3.46. The first-order valence-corrected chi connectivity index (χ1v) is 6.01. The monoisotopic (exact) mass is 289 g/mol. The van der Waals surface area contributed by atoms with Crippen LogP contribution in [0.3, 0.4) is 0 Å². The molecule has 0 aliphatic heterocycles. The standard InChI is InChI=1S/C13H12BrN3/c1-10(11-2-4-12(14)5-3-11)16-17-13-6-8-15-9-7-13/h2-9H,1H3,(H,15,17)/b16-10+. The quantitative estimate of drug-likeness (QED) is 0.691. The molecule has 1 aromatic carbocycles. The Labute approximate surface area is 109 Å². The molecule has 0 atom stereocenters. The predicted octanol–water partition coefficient (Wildman–Crippen LogP) is 3.68. The molecule has 0 aliphatic rings. The second kappa shape index (κ2) is 5.59. The number of pyridine rings is 1. The third-order valence-electron chi connectivity index (χ3n) is 2.30. The zero-order valence-electron chi connectivity index (χ0n) is 9.39. The van der Waals surface area contributed by atoms with Gasteiger partial charge in [0.05, 0.1) is 11.4 Å². The average molecular weight is 290 g/mol. The van der Waals surface area contributed by atoms with E-state index in [1.165, 1.54) is 0 Å². The molecule has 1 aromatic heterocycles. The van der Waals surface area contributed by atoms with Crippen LogP contribution in [0.15, 0.2) is 58.4 Å². The van der Waals surface area contributed by atoms with Gasteiger partial charge in [-0.15, -0.1) is 0 Å². The van der Waals surface area contributed by atoms with Gasteiger partial charge in [0.1, 0.15) is 0 Å². The van der Waals surface area contributed by atoms with E-state index in [9.17, 15) is 0 Å². The highest BCUT2D eigenvalue weighted by Gasteiger charge is 1.96. The molecular weight excluding hydrogens is 278 g/mol. The molecule has 0 saturated heterocycles. The third-order valence-corrected chi connectivity index (χ3v) is 2.82. The Bertz CT molecular complexity index is 506. The van der Waals surface area contributed by atoms with Gasteiger partial charge in [-0.1, -0.05) is 28.1 Å². The largest absolute Gasteiger partial charge is 0.278 e. The zero-order chi connectivity index (χ0) is 12.1. The fourth-order valence-electron chi connectivity index (χ4n) is 1.33. The van der Waals surface area contributed by atoms with Crippen molar-refractivity contribution in [3.8, 4) is 0 Å². The summed E-state index contributed by atoms with van der Waals surface area (Å²) < 4.78 is 1.07. The van der Waals surface area contributed by atoms with Crippen LogP contribution >= 0.6 is 15.9 Å². The lowest BCUT2D eigenvalue weighted by molar-refractivity contribution is 1.27. The second-order valence-electron chi connectivity index (χ2n) is 3.55. The molecule has 1 N–H and O–H groups in total. The number of halogens is 1. The Kier molecular flexibility index (Phi) is 3.88. The number of anilines is 1. The maximum Gasteiger partial charge on any atom is 0.0648 e. The first kappa shape index (κ1) is 11.8. The van der Waals surface area contributed by atoms with Crippen LogP contribution in [0.2, 0.25) is 0 Å². The minimum Gasteiger partial charge on any atom is -0.278 e. The molecule has 0 spiro atoms. The summed E-state index contributed by atoms with van der Waals surface area (Å²) in [7, 11) is 0. The number of hydrogen-bond acceptors (Lipinski definition) is 3. The normalized spacial score (nSPS) is 11.3. The second-order valence-corrected chi connectivity index (χ2v) is 4.47. The Morgan fingerprint density at radius 3 is 2.41 bits per heavy atom. The summed E-state index contributed by atoms with van der Waals surface area (Å²) in [5.74, 6) is 0. The highest BCUT2D eigenvalue weighted by atomic mass is 79.9. The number of nitrogens with one attached hydrogen (secondary N) is 1. The van der Waals surface area contributed by atoms with Gasteiger partial charge in [-0.05, 0) is 36.8 Å². The van der Waals surface area contributed by atoms with Crippen molar-refractivity contribution in [1.82, 2.24) is 4.98 Å². The maximum absolute atomic E-state index is 4.32. The highest BCUT2D eigenvalue weighted by molar-refractivity contribution is 9.10. The van der Waals surface area contributed by atoms with E-state index in [0.717, 1.165) is 21.4 Å². The van der Waals surface area contributed by atoms with Crippen LogP contribution in [-0.2, 0) is 0 Å². The van der Waals surface area contributed by atoms with Gasteiger partial charge in [-0.2, -0.15) is 5.10 Å². The molecule has 0 amide bonds. The van der Waals surface area contributed by atoms with Crippen LogP contribution in [0.4, 0.5) is 5.69 Å². The van der Waals surface area contributed by atoms with Crippen LogP contribution in [0.1, 0.15) is 12.5 Å². The topological polar surface area (TPSA) is 37.3 Å². The van der Waals surface area contributed by atoms with Gasteiger partial charge in [-0.3, -0.25) is 10.4 Å². The molecule has 2 rings (SSSR count). The van der Waals surface area contributed by atoms with Crippen molar-refractivity contribution in [3.63, 3.8) is 0 Å². The van der Waals surface area contributed by atoms with Crippen LogP contribution in [0, 0.1) is 0 Å². The van der Waals surface area contributed by atoms with Crippen LogP contribution in [0.5, 0.6) is 0 Å². The molecule has 0 radical (unpaired) electrons. The summed E-state index contributed by atoms with van der Waals surface area (Å²) in [6.45, 7) is 1.97. The van der Waals surface area contributed by atoms with Crippen LogP contribution in [-0.4, -0.2) is 10.7 Å². The Morgan fingerprint density at radius 1 is 1.12 bits per heavy atom. The van der Waals surface area contributed by atoms with Crippen molar-refractivity contribution in [2.45, 2.75) is 6.92 Å². The van der Waals surface area contributed by atoms with Crippen molar-refractivity contribution in [3.05, 3.63) is 58.8 Å².